The first kappa shape index (κ1) is 15.7. The Kier molecular flexibility index (Phi) is 5.24. The van der Waals surface area contributed by atoms with Gasteiger partial charge in [0.15, 0.2) is 0 Å². The maximum absolute atomic E-state index is 6.23. The molecule has 0 aromatic heterocycles. The summed E-state index contributed by atoms with van der Waals surface area (Å²) in [6.07, 6.45) is 8.21. The van der Waals surface area contributed by atoms with Crippen LogP contribution in [0.1, 0.15) is 59.3 Å². The molecule has 0 aromatic carbocycles. The van der Waals surface area contributed by atoms with Crippen molar-refractivity contribution in [1.29, 1.82) is 0 Å². The second kappa shape index (κ2) is 6.36. The SMILES string of the molecule is CCCC1CCC(CN)(N2CCSC(C)(C)C2)CC1. The summed E-state index contributed by atoms with van der Waals surface area (Å²) >= 11 is 2.12. The fourth-order valence-electron chi connectivity index (χ4n) is 3.98. The van der Waals surface area contributed by atoms with E-state index in [9.17, 15) is 0 Å². The highest BCUT2D eigenvalue weighted by atomic mass is 32.2. The summed E-state index contributed by atoms with van der Waals surface area (Å²) < 4.78 is 0.403. The standard InChI is InChI=1S/C16H32N2S/c1-4-5-14-6-8-16(12-17,9-7-14)18-10-11-19-15(2,3)13-18/h14H,4-13,17H2,1-3H3. The Balaban J connectivity index is 1.99. The number of hydrogen-bond donors (Lipinski definition) is 1. The number of hydrogen-bond acceptors (Lipinski definition) is 3. The lowest BCUT2D eigenvalue weighted by Crippen LogP contribution is -2.60. The van der Waals surface area contributed by atoms with E-state index in [4.69, 9.17) is 5.73 Å². The van der Waals surface area contributed by atoms with Gasteiger partial charge in [-0.2, -0.15) is 11.8 Å². The molecule has 3 heteroatoms. The van der Waals surface area contributed by atoms with Crippen molar-refractivity contribution in [3.63, 3.8) is 0 Å². The van der Waals surface area contributed by atoms with Gasteiger partial charge in [-0.15, -0.1) is 0 Å². The zero-order valence-electron chi connectivity index (χ0n) is 13.1. The first-order chi connectivity index (χ1) is 9.01. The van der Waals surface area contributed by atoms with Crippen molar-refractivity contribution < 1.29 is 0 Å². The highest BCUT2D eigenvalue weighted by Gasteiger charge is 2.42. The normalized spacial score (nSPS) is 36.3. The van der Waals surface area contributed by atoms with Gasteiger partial charge in [-0.3, -0.25) is 4.90 Å². The van der Waals surface area contributed by atoms with E-state index in [1.807, 2.05) is 0 Å². The molecule has 1 aliphatic carbocycles. The van der Waals surface area contributed by atoms with Gasteiger partial charge >= 0.3 is 0 Å². The van der Waals surface area contributed by atoms with Crippen LogP contribution in [0.3, 0.4) is 0 Å². The predicted molar refractivity (Wildman–Crippen MR) is 86.8 cm³/mol. The second-order valence-corrected chi connectivity index (χ2v) is 8.99. The van der Waals surface area contributed by atoms with Crippen LogP contribution < -0.4 is 5.73 Å². The minimum absolute atomic E-state index is 0.322. The average molecular weight is 285 g/mol. The number of nitrogens with two attached hydrogens (primary N) is 1. The van der Waals surface area contributed by atoms with Gasteiger partial charge in [0.05, 0.1) is 0 Å². The van der Waals surface area contributed by atoms with Crippen LogP contribution in [0, 0.1) is 5.92 Å². The van der Waals surface area contributed by atoms with E-state index < -0.39 is 0 Å². The molecule has 0 bridgehead atoms. The van der Waals surface area contributed by atoms with Crippen molar-refractivity contribution in [3.05, 3.63) is 0 Å². The van der Waals surface area contributed by atoms with Crippen molar-refractivity contribution in [1.82, 2.24) is 4.90 Å². The van der Waals surface area contributed by atoms with Crippen LogP contribution in [0.5, 0.6) is 0 Å². The maximum Gasteiger partial charge on any atom is 0.0332 e. The van der Waals surface area contributed by atoms with E-state index in [-0.39, 0.29) is 0 Å². The van der Waals surface area contributed by atoms with Crippen molar-refractivity contribution in [2.75, 3.05) is 25.4 Å². The second-order valence-electron chi connectivity index (χ2n) is 7.19. The Hall–Kier alpha value is 0.270. The quantitative estimate of drug-likeness (QED) is 0.857. The van der Waals surface area contributed by atoms with Crippen LogP contribution in [-0.2, 0) is 0 Å². The third-order valence-electron chi connectivity index (χ3n) is 5.21. The summed E-state index contributed by atoms with van der Waals surface area (Å²) in [4.78, 5) is 2.74. The van der Waals surface area contributed by atoms with Crippen LogP contribution in [0.25, 0.3) is 0 Å². The third-order valence-corrected chi connectivity index (χ3v) is 6.51. The Morgan fingerprint density at radius 2 is 1.95 bits per heavy atom. The van der Waals surface area contributed by atoms with Crippen molar-refractivity contribution >= 4 is 11.8 Å². The fourth-order valence-corrected chi connectivity index (χ4v) is 5.09. The van der Waals surface area contributed by atoms with E-state index in [0.29, 0.717) is 10.3 Å². The van der Waals surface area contributed by atoms with Crippen molar-refractivity contribution in [2.24, 2.45) is 11.7 Å². The van der Waals surface area contributed by atoms with Gasteiger partial charge in [0.25, 0.3) is 0 Å². The molecule has 19 heavy (non-hydrogen) atoms. The molecule has 0 unspecified atom stereocenters. The molecule has 0 aromatic rings. The minimum Gasteiger partial charge on any atom is -0.329 e. The smallest absolute Gasteiger partial charge is 0.0332 e. The van der Waals surface area contributed by atoms with E-state index in [2.05, 4.69) is 37.4 Å². The molecular formula is C16H32N2S. The van der Waals surface area contributed by atoms with Crippen LogP contribution in [-0.4, -0.2) is 40.6 Å². The van der Waals surface area contributed by atoms with E-state index in [1.165, 1.54) is 57.4 Å². The monoisotopic (exact) mass is 284 g/mol. The molecule has 2 fully saturated rings. The van der Waals surface area contributed by atoms with Crippen LogP contribution in [0.2, 0.25) is 0 Å². The molecule has 2 rings (SSSR count). The van der Waals surface area contributed by atoms with Crippen LogP contribution in [0.4, 0.5) is 0 Å². The lowest BCUT2D eigenvalue weighted by molar-refractivity contribution is 0.0372. The molecule has 2 aliphatic rings. The summed E-state index contributed by atoms with van der Waals surface area (Å²) in [5.41, 5.74) is 6.55. The largest absolute Gasteiger partial charge is 0.329 e. The molecule has 0 spiro atoms. The lowest BCUT2D eigenvalue weighted by Gasteiger charge is -2.52. The first-order valence-electron chi connectivity index (χ1n) is 8.10. The summed E-state index contributed by atoms with van der Waals surface area (Å²) in [5.74, 6) is 2.24. The van der Waals surface area contributed by atoms with Crippen LogP contribution >= 0.6 is 11.8 Å². The number of nitrogens with zero attached hydrogens (tertiary/aromatic N) is 1. The summed E-state index contributed by atoms with van der Waals surface area (Å²) in [7, 11) is 0. The zero-order valence-corrected chi connectivity index (χ0v) is 13.9. The molecule has 0 radical (unpaired) electrons. The molecule has 112 valence electrons. The lowest BCUT2D eigenvalue weighted by atomic mass is 9.74. The van der Waals surface area contributed by atoms with Crippen molar-refractivity contribution in [2.45, 2.75) is 69.6 Å². The summed E-state index contributed by atoms with van der Waals surface area (Å²) in [6, 6.07) is 0. The zero-order chi connectivity index (χ0) is 13.9. The minimum atomic E-state index is 0.322. The number of thioether (sulfide) groups is 1. The first-order valence-corrected chi connectivity index (χ1v) is 9.09. The Morgan fingerprint density at radius 3 is 2.47 bits per heavy atom. The highest BCUT2D eigenvalue weighted by Crippen LogP contribution is 2.41. The molecular weight excluding hydrogens is 252 g/mol. The molecule has 0 atom stereocenters. The molecule has 1 heterocycles. The predicted octanol–water partition coefficient (Wildman–Crippen LogP) is 3.50. The van der Waals surface area contributed by atoms with Gasteiger partial charge in [0.2, 0.25) is 0 Å². The molecule has 1 aliphatic heterocycles. The Labute approximate surface area is 123 Å². The van der Waals surface area contributed by atoms with Gasteiger partial charge in [-0.05, 0) is 45.4 Å². The fraction of sp³-hybridized carbons (Fsp3) is 1.00. The van der Waals surface area contributed by atoms with E-state index in [1.54, 1.807) is 0 Å². The van der Waals surface area contributed by atoms with Gasteiger partial charge in [-0.25, -0.2) is 0 Å². The third kappa shape index (κ3) is 3.68. The summed E-state index contributed by atoms with van der Waals surface area (Å²) in [5, 5.41) is 0. The van der Waals surface area contributed by atoms with Crippen LogP contribution in [0.15, 0.2) is 0 Å². The molecule has 1 saturated heterocycles. The van der Waals surface area contributed by atoms with E-state index >= 15 is 0 Å². The topological polar surface area (TPSA) is 29.3 Å². The highest BCUT2D eigenvalue weighted by molar-refractivity contribution is 8.00. The molecule has 2 N–H and O–H groups in total. The maximum atomic E-state index is 6.23. The van der Waals surface area contributed by atoms with Crippen molar-refractivity contribution in [3.8, 4) is 0 Å². The van der Waals surface area contributed by atoms with Gasteiger partial charge in [0.1, 0.15) is 0 Å². The molecule has 2 nitrogen and oxygen atoms in total. The average Bonchev–Trinajstić information content (AvgIpc) is 2.39. The van der Waals surface area contributed by atoms with Gasteiger partial charge < -0.3 is 5.73 Å². The van der Waals surface area contributed by atoms with Gasteiger partial charge in [0, 0.05) is 35.7 Å². The number of rotatable bonds is 4. The molecule has 1 saturated carbocycles. The Morgan fingerprint density at radius 1 is 1.26 bits per heavy atom. The Bertz CT molecular complexity index is 282. The van der Waals surface area contributed by atoms with E-state index in [0.717, 1.165) is 12.5 Å². The molecule has 0 amide bonds. The van der Waals surface area contributed by atoms with Gasteiger partial charge in [-0.1, -0.05) is 19.8 Å². The summed E-state index contributed by atoms with van der Waals surface area (Å²) in [6.45, 7) is 10.4.